The van der Waals surface area contributed by atoms with Gasteiger partial charge in [-0.25, -0.2) is 4.79 Å². The Morgan fingerprint density at radius 2 is 1.55 bits per heavy atom. The standard InChI is InChI=1S/C17H27N5O7/c18-9(7-13(19)24)15(26)21-5-1-3-11(21)14(25)20-10(8-23)16(27)22-6-2-4-12(22)17(28)29/h9-12,23H,1-8,18H2,(H2,19,24)(H,20,25)(H,28,29). The highest BCUT2D eigenvalue weighted by Crippen LogP contribution is 2.21. The number of hydrogen-bond acceptors (Lipinski definition) is 7. The lowest BCUT2D eigenvalue weighted by atomic mass is 10.1. The van der Waals surface area contributed by atoms with Crippen LogP contribution in [0.4, 0.5) is 0 Å². The second-order valence-corrected chi connectivity index (χ2v) is 7.24. The Hall–Kier alpha value is -2.73. The van der Waals surface area contributed by atoms with Gasteiger partial charge in [-0.15, -0.1) is 0 Å². The van der Waals surface area contributed by atoms with Crippen molar-refractivity contribution in [1.82, 2.24) is 15.1 Å². The summed E-state index contributed by atoms with van der Waals surface area (Å²) in [7, 11) is 0. The number of aliphatic carboxylic acids is 1. The second-order valence-electron chi connectivity index (χ2n) is 7.24. The average Bonchev–Trinajstić information content (AvgIpc) is 3.33. The van der Waals surface area contributed by atoms with Crippen LogP contribution in [0.25, 0.3) is 0 Å². The molecule has 0 radical (unpaired) electrons. The number of likely N-dealkylation sites (tertiary alicyclic amines) is 2. The van der Waals surface area contributed by atoms with E-state index in [1.165, 1.54) is 4.90 Å². The van der Waals surface area contributed by atoms with Gasteiger partial charge in [0.05, 0.1) is 19.1 Å². The molecule has 0 aromatic heterocycles. The van der Waals surface area contributed by atoms with Crippen LogP contribution in [0, 0.1) is 0 Å². The number of amides is 4. The highest BCUT2D eigenvalue weighted by molar-refractivity contribution is 5.95. The van der Waals surface area contributed by atoms with Crippen molar-refractivity contribution >= 4 is 29.6 Å². The first-order chi connectivity index (χ1) is 13.7. The zero-order valence-electron chi connectivity index (χ0n) is 16.0. The number of primary amides is 1. The quantitative estimate of drug-likeness (QED) is 0.273. The number of nitrogens with two attached hydrogens (primary N) is 2. The third kappa shape index (κ3) is 5.21. The summed E-state index contributed by atoms with van der Waals surface area (Å²) < 4.78 is 0. The molecule has 0 aromatic carbocycles. The molecule has 0 spiro atoms. The third-order valence-corrected chi connectivity index (χ3v) is 5.19. The maximum Gasteiger partial charge on any atom is 0.326 e. The van der Waals surface area contributed by atoms with Gasteiger partial charge in [-0.05, 0) is 25.7 Å². The van der Waals surface area contributed by atoms with E-state index in [9.17, 15) is 34.2 Å². The van der Waals surface area contributed by atoms with E-state index < -0.39 is 60.4 Å². The van der Waals surface area contributed by atoms with Gasteiger partial charge in [-0.3, -0.25) is 19.2 Å². The first kappa shape index (κ1) is 22.6. The van der Waals surface area contributed by atoms with Crippen molar-refractivity contribution < 1.29 is 34.2 Å². The van der Waals surface area contributed by atoms with Crippen LogP contribution in [0.15, 0.2) is 0 Å². The number of hydrogen-bond donors (Lipinski definition) is 5. The molecule has 0 aromatic rings. The predicted octanol–water partition coefficient (Wildman–Crippen LogP) is -3.27. The minimum atomic E-state index is -1.32. The number of aliphatic hydroxyl groups is 1. The van der Waals surface area contributed by atoms with Crippen LogP contribution >= 0.6 is 0 Å². The zero-order valence-corrected chi connectivity index (χ0v) is 16.0. The average molecular weight is 413 g/mol. The number of rotatable bonds is 8. The fourth-order valence-electron chi connectivity index (χ4n) is 3.76. The number of nitrogens with zero attached hydrogens (tertiary/aromatic N) is 2. The topological polar surface area (TPSA) is 196 Å². The van der Waals surface area contributed by atoms with Crippen LogP contribution in [0.5, 0.6) is 0 Å². The Morgan fingerprint density at radius 3 is 2.07 bits per heavy atom. The van der Waals surface area contributed by atoms with Crippen LogP contribution in [0.3, 0.4) is 0 Å². The van der Waals surface area contributed by atoms with Gasteiger partial charge in [0.25, 0.3) is 0 Å². The Balaban J connectivity index is 2.04. The number of carbonyl (C=O) groups excluding carboxylic acids is 4. The van der Waals surface area contributed by atoms with Crippen molar-refractivity contribution in [3.05, 3.63) is 0 Å². The highest BCUT2D eigenvalue weighted by atomic mass is 16.4. The Labute approximate surface area is 167 Å². The van der Waals surface area contributed by atoms with E-state index in [-0.39, 0.29) is 19.5 Å². The van der Waals surface area contributed by atoms with Crippen LogP contribution in [-0.4, -0.2) is 93.5 Å². The number of nitrogens with one attached hydrogen (secondary N) is 1. The van der Waals surface area contributed by atoms with Gasteiger partial charge >= 0.3 is 5.97 Å². The van der Waals surface area contributed by atoms with E-state index in [4.69, 9.17) is 11.5 Å². The van der Waals surface area contributed by atoms with Gasteiger partial charge in [0.1, 0.15) is 18.1 Å². The maximum atomic E-state index is 12.7. The molecule has 2 rings (SSSR count). The third-order valence-electron chi connectivity index (χ3n) is 5.19. The van der Waals surface area contributed by atoms with Crippen molar-refractivity contribution in [2.45, 2.75) is 56.3 Å². The molecule has 2 saturated heterocycles. The van der Waals surface area contributed by atoms with E-state index in [0.717, 1.165) is 4.90 Å². The molecule has 4 atom stereocenters. The van der Waals surface area contributed by atoms with Crippen molar-refractivity contribution in [2.75, 3.05) is 19.7 Å². The summed E-state index contributed by atoms with van der Waals surface area (Å²) in [5.41, 5.74) is 10.7. The van der Waals surface area contributed by atoms with Crippen LogP contribution < -0.4 is 16.8 Å². The minimum absolute atomic E-state index is 0.220. The van der Waals surface area contributed by atoms with E-state index >= 15 is 0 Å². The molecule has 12 nitrogen and oxygen atoms in total. The monoisotopic (exact) mass is 413 g/mol. The number of carboxylic acids is 1. The zero-order chi connectivity index (χ0) is 21.7. The Kier molecular flexibility index (Phi) is 7.51. The van der Waals surface area contributed by atoms with Gasteiger partial charge < -0.3 is 36.8 Å². The van der Waals surface area contributed by atoms with Crippen LogP contribution in [-0.2, 0) is 24.0 Å². The van der Waals surface area contributed by atoms with Crippen molar-refractivity contribution in [1.29, 1.82) is 0 Å². The summed E-state index contributed by atoms with van der Waals surface area (Å²) in [6.45, 7) is -0.234. The van der Waals surface area contributed by atoms with Crippen molar-refractivity contribution in [3.63, 3.8) is 0 Å². The number of aliphatic hydroxyl groups excluding tert-OH is 1. The molecule has 2 fully saturated rings. The maximum absolute atomic E-state index is 12.7. The predicted molar refractivity (Wildman–Crippen MR) is 97.9 cm³/mol. The lowest BCUT2D eigenvalue weighted by Crippen LogP contribution is -2.57. The molecule has 12 heteroatoms. The number of carboxylic acid groups (broad SMARTS) is 1. The molecule has 4 unspecified atom stereocenters. The molecule has 0 aliphatic carbocycles. The largest absolute Gasteiger partial charge is 0.480 e. The van der Waals surface area contributed by atoms with Crippen molar-refractivity contribution in [3.8, 4) is 0 Å². The summed E-state index contributed by atoms with van der Waals surface area (Å²) in [4.78, 5) is 62.4. The smallest absolute Gasteiger partial charge is 0.326 e. The summed E-state index contributed by atoms with van der Waals surface area (Å²) in [6, 6.07) is -4.39. The van der Waals surface area contributed by atoms with Gasteiger partial charge in [-0.1, -0.05) is 0 Å². The van der Waals surface area contributed by atoms with Gasteiger partial charge in [-0.2, -0.15) is 0 Å². The van der Waals surface area contributed by atoms with E-state index in [1.807, 2.05) is 0 Å². The Morgan fingerprint density at radius 1 is 1.00 bits per heavy atom. The van der Waals surface area contributed by atoms with Crippen LogP contribution in [0.1, 0.15) is 32.1 Å². The van der Waals surface area contributed by atoms with Gasteiger partial charge in [0.2, 0.25) is 23.6 Å². The fourth-order valence-corrected chi connectivity index (χ4v) is 3.76. The summed E-state index contributed by atoms with van der Waals surface area (Å²) in [5, 5.41) is 21.2. The first-order valence-electron chi connectivity index (χ1n) is 9.46. The molecule has 29 heavy (non-hydrogen) atoms. The summed E-state index contributed by atoms with van der Waals surface area (Å²) in [6.07, 6.45) is 1.31. The molecular weight excluding hydrogens is 386 g/mol. The van der Waals surface area contributed by atoms with Gasteiger partial charge in [0, 0.05) is 13.1 Å². The molecule has 0 bridgehead atoms. The Bertz CT molecular complexity index is 685. The molecule has 4 amide bonds. The first-order valence-corrected chi connectivity index (χ1v) is 9.46. The highest BCUT2D eigenvalue weighted by Gasteiger charge is 2.40. The SMILES string of the molecule is NC(=O)CC(N)C(=O)N1CCCC1C(=O)NC(CO)C(=O)N1CCCC1C(=O)O. The molecule has 7 N–H and O–H groups in total. The molecule has 2 aliphatic rings. The second kappa shape index (κ2) is 9.65. The lowest BCUT2D eigenvalue weighted by molar-refractivity contribution is -0.150. The minimum Gasteiger partial charge on any atom is -0.480 e. The summed E-state index contributed by atoms with van der Waals surface area (Å²) in [5.74, 6) is -3.82. The van der Waals surface area contributed by atoms with E-state index in [1.54, 1.807) is 0 Å². The molecule has 0 saturated carbocycles. The van der Waals surface area contributed by atoms with Crippen LogP contribution in [0.2, 0.25) is 0 Å². The van der Waals surface area contributed by atoms with E-state index in [2.05, 4.69) is 5.32 Å². The molecular formula is C17H27N5O7. The normalized spacial score (nSPS) is 23.5. The van der Waals surface area contributed by atoms with Crippen molar-refractivity contribution in [2.24, 2.45) is 11.5 Å². The molecule has 2 aliphatic heterocycles. The van der Waals surface area contributed by atoms with E-state index in [0.29, 0.717) is 25.7 Å². The number of carbonyl (C=O) groups is 5. The van der Waals surface area contributed by atoms with Gasteiger partial charge in [0.15, 0.2) is 0 Å². The molecule has 2 heterocycles. The lowest BCUT2D eigenvalue weighted by Gasteiger charge is -2.29. The fraction of sp³-hybridized carbons (Fsp3) is 0.706. The molecule has 162 valence electrons. The summed E-state index contributed by atoms with van der Waals surface area (Å²) >= 11 is 0.